The van der Waals surface area contributed by atoms with Crippen molar-refractivity contribution in [2.75, 3.05) is 13.7 Å². The van der Waals surface area contributed by atoms with Gasteiger partial charge >= 0.3 is 5.25 Å². The first-order valence-corrected chi connectivity index (χ1v) is 4.71. The lowest BCUT2D eigenvalue weighted by Crippen LogP contribution is -2.15. The van der Waals surface area contributed by atoms with E-state index in [1.54, 1.807) is 12.1 Å². The molecule has 0 saturated carbocycles. The molecule has 78 valence electrons. The van der Waals surface area contributed by atoms with Crippen LogP contribution in [-0.4, -0.2) is 24.1 Å². The van der Waals surface area contributed by atoms with Gasteiger partial charge in [0.05, 0.1) is 7.11 Å². The lowest BCUT2D eigenvalue weighted by molar-refractivity contribution is 0.0362. The van der Waals surface area contributed by atoms with Crippen LogP contribution in [0.5, 0.6) is 5.75 Å². The summed E-state index contributed by atoms with van der Waals surface area (Å²) in [6.45, 7) is -1.16. The molecular formula is C9H10F2O2S. The fourth-order valence-corrected chi connectivity index (χ4v) is 1.53. The van der Waals surface area contributed by atoms with E-state index in [1.165, 1.54) is 19.2 Å². The van der Waals surface area contributed by atoms with Crippen LogP contribution in [-0.2, 0) is 0 Å². The Labute approximate surface area is 84.9 Å². The van der Waals surface area contributed by atoms with Crippen LogP contribution >= 0.6 is 11.8 Å². The zero-order valence-corrected chi connectivity index (χ0v) is 8.35. The van der Waals surface area contributed by atoms with Gasteiger partial charge in [-0.15, -0.1) is 0 Å². The van der Waals surface area contributed by atoms with Crippen molar-refractivity contribution in [1.29, 1.82) is 0 Å². The summed E-state index contributed by atoms with van der Waals surface area (Å²) < 4.78 is 30.3. The predicted octanol–water partition coefficient (Wildman–Crippen LogP) is 2.37. The first kappa shape index (κ1) is 11.3. The van der Waals surface area contributed by atoms with Crippen LogP contribution in [0.15, 0.2) is 29.2 Å². The molecule has 0 aliphatic carbocycles. The van der Waals surface area contributed by atoms with Crippen molar-refractivity contribution in [3.63, 3.8) is 0 Å². The van der Waals surface area contributed by atoms with E-state index < -0.39 is 11.9 Å². The van der Waals surface area contributed by atoms with Gasteiger partial charge in [0.1, 0.15) is 12.4 Å². The van der Waals surface area contributed by atoms with Crippen LogP contribution < -0.4 is 4.74 Å². The molecule has 0 spiro atoms. The zero-order valence-electron chi connectivity index (χ0n) is 7.54. The Morgan fingerprint density at radius 1 is 1.36 bits per heavy atom. The molecule has 1 aromatic carbocycles. The maximum absolute atomic E-state index is 12.7. The number of halogens is 2. The van der Waals surface area contributed by atoms with Gasteiger partial charge in [-0.3, -0.25) is 0 Å². The Hall–Kier alpha value is -0.810. The molecule has 5 heteroatoms. The lowest BCUT2D eigenvalue weighted by Gasteiger charge is -2.12. The second-order valence-electron chi connectivity index (χ2n) is 2.57. The summed E-state index contributed by atoms with van der Waals surface area (Å²) in [4.78, 5) is 0.393. The first-order valence-electron chi connectivity index (χ1n) is 3.89. The van der Waals surface area contributed by atoms with Crippen molar-refractivity contribution in [3.05, 3.63) is 24.3 Å². The van der Waals surface area contributed by atoms with E-state index in [0.29, 0.717) is 22.4 Å². The third kappa shape index (κ3) is 3.16. The molecule has 0 bridgehead atoms. The third-order valence-electron chi connectivity index (χ3n) is 1.51. The van der Waals surface area contributed by atoms with E-state index in [4.69, 9.17) is 9.84 Å². The summed E-state index contributed by atoms with van der Waals surface area (Å²) in [6.07, 6.45) is 0. The van der Waals surface area contributed by atoms with Gasteiger partial charge in [-0.05, 0) is 36.0 Å². The second kappa shape index (κ2) is 4.61. The number of hydrogen-bond acceptors (Lipinski definition) is 3. The summed E-state index contributed by atoms with van der Waals surface area (Å²) in [5, 5.41) is 5.23. The summed E-state index contributed by atoms with van der Waals surface area (Å²) >= 11 is 0.326. The molecule has 2 nitrogen and oxygen atoms in total. The number of methoxy groups -OCH3 is 1. The molecule has 0 unspecified atom stereocenters. The van der Waals surface area contributed by atoms with Crippen LogP contribution in [0, 0.1) is 0 Å². The van der Waals surface area contributed by atoms with Crippen LogP contribution in [0.4, 0.5) is 8.78 Å². The van der Waals surface area contributed by atoms with Crippen molar-refractivity contribution >= 4 is 11.8 Å². The molecule has 1 aromatic rings. The molecule has 0 aliphatic heterocycles. The Balaban J connectivity index is 2.69. The minimum absolute atomic E-state index is 0.326. The number of rotatable bonds is 4. The van der Waals surface area contributed by atoms with E-state index in [2.05, 4.69) is 0 Å². The Kier molecular flexibility index (Phi) is 3.71. The summed E-state index contributed by atoms with van der Waals surface area (Å²) in [5.74, 6) is 0.613. The largest absolute Gasteiger partial charge is 0.497 e. The number of thioether (sulfide) groups is 1. The second-order valence-corrected chi connectivity index (χ2v) is 3.85. The average Bonchev–Trinajstić information content (AvgIpc) is 2.19. The van der Waals surface area contributed by atoms with E-state index in [0.717, 1.165) is 0 Å². The number of benzene rings is 1. The normalized spacial score (nSPS) is 11.4. The molecule has 1 N–H and O–H groups in total. The summed E-state index contributed by atoms with van der Waals surface area (Å²) in [7, 11) is 1.50. The van der Waals surface area contributed by atoms with Crippen molar-refractivity contribution in [1.82, 2.24) is 0 Å². The third-order valence-corrected chi connectivity index (χ3v) is 2.45. The highest BCUT2D eigenvalue weighted by Gasteiger charge is 2.29. The fourth-order valence-electron chi connectivity index (χ4n) is 0.848. The highest BCUT2D eigenvalue weighted by molar-refractivity contribution is 8.00. The van der Waals surface area contributed by atoms with Gasteiger partial charge in [-0.2, -0.15) is 8.78 Å². The molecule has 1 rings (SSSR count). The number of ether oxygens (including phenoxy) is 1. The Morgan fingerprint density at radius 2 is 1.93 bits per heavy atom. The number of hydrogen-bond donors (Lipinski definition) is 1. The molecule has 0 heterocycles. The van der Waals surface area contributed by atoms with Crippen molar-refractivity contribution < 1.29 is 18.6 Å². The standard InChI is InChI=1S/C9H10F2O2S/c1-13-7-2-4-8(5-3-7)14-9(10,11)6-12/h2-5,12H,6H2,1H3. The minimum Gasteiger partial charge on any atom is -0.497 e. The molecule has 0 aromatic heterocycles. The van der Waals surface area contributed by atoms with Gasteiger partial charge in [-0.1, -0.05) is 0 Å². The van der Waals surface area contributed by atoms with Crippen LogP contribution in [0.1, 0.15) is 0 Å². The van der Waals surface area contributed by atoms with Crippen molar-refractivity contribution in [2.24, 2.45) is 0 Å². The first-order chi connectivity index (χ1) is 6.57. The minimum atomic E-state index is -3.13. The summed E-state index contributed by atoms with van der Waals surface area (Å²) in [6, 6.07) is 6.23. The Morgan fingerprint density at radius 3 is 2.36 bits per heavy atom. The summed E-state index contributed by atoms with van der Waals surface area (Å²) in [5.41, 5.74) is 0. The topological polar surface area (TPSA) is 29.5 Å². The van der Waals surface area contributed by atoms with E-state index in [9.17, 15) is 8.78 Å². The van der Waals surface area contributed by atoms with Crippen LogP contribution in [0.3, 0.4) is 0 Å². The van der Waals surface area contributed by atoms with Gasteiger partial charge in [0.25, 0.3) is 0 Å². The average molecular weight is 220 g/mol. The van der Waals surface area contributed by atoms with E-state index in [1.807, 2.05) is 0 Å². The molecule has 0 amide bonds. The quantitative estimate of drug-likeness (QED) is 0.790. The van der Waals surface area contributed by atoms with E-state index >= 15 is 0 Å². The van der Waals surface area contributed by atoms with Gasteiger partial charge in [0, 0.05) is 4.90 Å². The predicted molar refractivity (Wildman–Crippen MR) is 50.9 cm³/mol. The highest BCUT2D eigenvalue weighted by atomic mass is 32.2. The number of alkyl halides is 2. The Bertz CT molecular complexity index is 287. The monoisotopic (exact) mass is 220 g/mol. The smallest absolute Gasteiger partial charge is 0.320 e. The molecule has 14 heavy (non-hydrogen) atoms. The SMILES string of the molecule is COc1ccc(SC(F)(F)CO)cc1. The van der Waals surface area contributed by atoms with Crippen LogP contribution in [0.25, 0.3) is 0 Å². The zero-order chi connectivity index (χ0) is 10.6. The molecule has 0 atom stereocenters. The molecule has 0 aliphatic rings. The molecule has 0 radical (unpaired) electrons. The van der Waals surface area contributed by atoms with E-state index in [-0.39, 0.29) is 0 Å². The number of aliphatic hydroxyl groups is 1. The molecule has 0 saturated heterocycles. The molecule has 0 fully saturated rings. The molecular weight excluding hydrogens is 210 g/mol. The lowest BCUT2D eigenvalue weighted by atomic mass is 10.3. The van der Waals surface area contributed by atoms with Crippen LogP contribution in [0.2, 0.25) is 0 Å². The van der Waals surface area contributed by atoms with Crippen molar-refractivity contribution in [2.45, 2.75) is 10.2 Å². The highest BCUT2D eigenvalue weighted by Crippen LogP contribution is 2.35. The van der Waals surface area contributed by atoms with Gasteiger partial charge in [-0.25, -0.2) is 0 Å². The maximum atomic E-state index is 12.7. The van der Waals surface area contributed by atoms with Gasteiger partial charge < -0.3 is 9.84 Å². The van der Waals surface area contributed by atoms with Crippen molar-refractivity contribution in [3.8, 4) is 5.75 Å². The van der Waals surface area contributed by atoms with Gasteiger partial charge in [0.15, 0.2) is 0 Å². The van der Waals surface area contributed by atoms with Gasteiger partial charge in [0.2, 0.25) is 0 Å². The fraction of sp³-hybridized carbons (Fsp3) is 0.333. The number of aliphatic hydroxyl groups excluding tert-OH is 1. The maximum Gasteiger partial charge on any atom is 0.320 e.